The third-order valence-corrected chi connectivity index (χ3v) is 3.70. The summed E-state index contributed by atoms with van der Waals surface area (Å²) >= 11 is 13.2. The number of carbonyl (C=O) groups excluding carboxylic acids is 2. The van der Waals surface area contributed by atoms with Gasteiger partial charge in [-0.2, -0.15) is 11.3 Å². The lowest BCUT2D eigenvalue weighted by Crippen LogP contribution is -2.21. The van der Waals surface area contributed by atoms with Gasteiger partial charge in [-0.1, -0.05) is 23.2 Å². The first-order valence-corrected chi connectivity index (χ1v) is 7.48. The van der Waals surface area contributed by atoms with Crippen LogP contribution in [0.2, 0.25) is 10.0 Å². The summed E-state index contributed by atoms with van der Waals surface area (Å²) in [6.45, 7) is 0. The maximum Gasteiger partial charge on any atom is 0.351 e. The van der Waals surface area contributed by atoms with Crippen LogP contribution in [0.4, 0.5) is 0 Å². The minimum Gasteiger partial charge on any atom is -0.466 e. The fourth-order valence-electron chi connectivity index (χ4n) is 1.64. The van der Waals surface area contributed by atoms with Crippen LogP contribution in [0.25, 0.3) is 0 Å². The van der Waals surface area contributed by atoms with Crippen molar-refractivity contribution >= 4 is 46.5 Å². The van der Waals surface area contributed by atoms with E-state index in [0.717, 1.165) is 0 Å². The average Bonchev–Trinajstić information content (AvgIpc) is 2.96. The Kier molecular flexibility index (Phi) is 5.22. The number of benzene rings is 1. The second-order valence-electron chi connectivity index (χ2n) is 4.02. The van der Waals surface area contributed by atoms with Crippen LogP contribution in [0.5, 0.6) is 0 Å². The Bertz CT molecular complexity index is 635. The molecule has 0 N–H and O–H groups in total. The highest BCUT2D eigenvalue weighted by Gasteiger charge is 2.27. The zero-order chi connectivity index (χ0) is 15.4. The van der Waals surface area contributed by atoms with E-state index in [1.165, 1.54) is 36.6 Å². The van der Waals surface area contributed by atoms with Gasteiger partial charge in [0, 0.05) is 21.0 Å². The number of rotatable bonds is 4. The molecule has 110 valence electrons. The number of hydrogen-bond donors (Lipinski definition) is 0. The van der Waals surface area contributed by atoms with Crippen molar-refractivity contribution in [1.29, 1.82) is 0 Å². The molecule has 0 amide bonds. The highest BCUT2D eigenvalue weighted by atomic mass is 35.5. The predicted octanol–water partition coefficient (Wildman–Crippen LogP) is 4.13. The highest BCUT2D eigenvalue weighted by molar-refractivity contribution is 7.08. The van der Waals surface area contributed by atoms with E-state index in [2.05, 4.69) is 4.74 Å². The summed E-state index contributed by atoms with van der Waals surface area (Å²) in [5, 5.41) is 4.03. The Morgan fingerprint density at radius 1 is 1.19 bits per heavy atom. The molecule has 0 bridgehead atoms. The quantitative estimate of drug-likeness (QED) is 0.782. The van der Waals surface area contributed by atoms with Crippen molar-refractivity contribution in [1.82, 2.24) is 0 Å². The topological polar surface area (TPSA) is 52.6 Å². The minimum atomic E-state index is -1.22. The molecule has 0 aliphatic heterocycles. The molecule has 2 rings (SSSR count). The number of halogens is 2. The molecule has 0 aliphatic carbocycles. The molecule has 0 spiro atoms. The smallest absolute Gasteiger partial charge is 0.351 e. The van der Waals surface area contributed by atoms with Crippen LogP contribution in [-0.2, 0) is 14.3 Å². The number of methoxy groups -OCH3 is 1. The number of carbonyl (C=O) groups is 2. The fraction of sp³-hybridized carbons (Fsp3) is 0.143. The summed E-state index contributed by atoms with van der Waals surface area (Å²) < 4.78 is 9.88. The molecule has 1 heterocycles. The fourth-order valence-corrected chi connectivity index (χ4v) is 2.81. The van der Waals surface area contributed by atoms with Crippen LogP contribution >= 0.6 is 34.5 Å². The largest absolute Gasteiger partial charge is 0.466 e. The third kappa shape index (κ3) is 3.97. The van der Waals surface area contributed by atoms with Gasteiger partial charge in [0.25, 0.3) is 0 Å². The van der Waals surface area contributed by atoms with Crippen molar-refractivity contribution in [3.63, 3.8) is 0 Å². The van der Waals surface area contributed by atoms with Gasteiger partial charge in [-0.3, -0.25) is 0 Å². The standard InChI is InChI=1S/C14H10Cl2O4S/c1-19-14(18)12(9-4-10(15)6-11(16)5-9)20-13(17)8-2-3-21-7-8/h2-7,12H,1H3. The Hall–Kier alpha value is -1.56. The van der Waals surface area contributed by atoms with Gasteiger partial charge >= 0.3 is 11.9 Å². The zero-order valence-electron chi connectivity index (χ0n) is 10.8. The molecule has 1 unspecified atom stereocenters. The van der Waals surface area contributed by atoms with Gasteiger partial charge in [-0.15, -0.1) is 0 Å². The minimum absolute atomic E-state index is 0.331. The van der Waals surface area contributed by atoms with Gasteiger partial charge in [-0.25, -0.2) is 9.59 Å². The Morgan fingerprint density at radius 2 is 1.86 bits per heavy atom. The normalized spacial score (nSPS) is 11.8. The third-order valence-electron chi connectivity index (χ3n) is 2.58. The lowest BCUT2D eigenvalue weighted by atomic mass is 10.1. The van der Waals surface area contributed by atoms with Crippen molar-refractivity contribution in [3.05, 3.63) is 56.2 Å². The molecule has 0 fully saturated rings. The molecular weight excluding hydrogens is 335 g/mol. The van der Waals surface area contributed by atoms with Gasteiger partial charge in [0.05, 0.1) is 12.7 Å². The molecule has 4 nitrogen and oxygen atoms in total. The highest BCUT2D eigenvalue weighted by Crippen LogP contribution is 2.27. The lowest BCUT2D eigenvalue weighted by Gasteiger charge is -2.16. The zero-order valence-corrected chi connectivity index (χ0v) is 13.2. The monoisotopic (exact) mass is 344 g/mol. The van der Waals surface area contributed by atoms with Crippen molar-refractivity contribution < 1.29 is 19.1 Å². The molecule has 1 aromatic carbocycles. The number of hydrogen-bond acceptors (Lipinski definition) is 5. The van der Waals surface area contributed by atoms with Crippen LogP contribution in [-0.4, -0.2) is 19.0 Å². The molecule has 2 aromatic rings. The number of esters is 2. The van der Waals surface area contributed by atoms with Crippen LogP contribution in [0.15, 0.2) is 35.0 Å². The summed E-state index contributed by atoms with van der Waals surface area (Å²) in [6.07, 6.45) is -1.22. The second kappa shape index (κ2) is 6.93. The molecule has 1 atom stereocenters. The molecule has 0 saturated heterocycles. The Balaban J connectivity index is 2.30. The van der Waals surface area contributed by atoms with Gasteiger partial charge in [0.1, 0.15) is 0 Å². The first kappa shape index (κ1) is 15.8. The summed E-state index contributed by atoms with van der Waals surface area (Å²) in [5.74, 6) is -1.33. The van der Waals surface area contributed by atoms with E-state index in [1.807, 2.05) is 0 Å². The maximum absolute atomic E-state index is 12.0. The SMILES string of the molecule is COC(=O)C(OC(=O)c1ccsc1)c1cc(Cl)cc(Cl)c1. The van der Waals surface area contributed by atoms with E-state index >= 15 is 0 Å². The van der Waals surface area contributed by atoms with E-state index in [0.29, 0.717) is 21.2 Å². The van der Waals surface area contributed by atoms with Gasteiger partial charge in [0.15, 0.2) is 0 Å². The van der Waals surface area contributed by atoms with E-state index in [4.69, 9.17) is 27.9 Å². The van der Waals surface area contributed by atoms with Gasteiger partial charge in [-0.05, 0) is 29.6 Å². The number of thiophene rings is 1. The van der Waals surface area contributed by atoms with Crippen LogP contribution in [0, 0.1) is 0 Å². The van der Waals surface area contributed by atoms with Gasteiger partial charge < -0.3 is 9.47 Å². The maximum atomic E-state index is 12.0. The first-order chi connectivity index (χ1) is 10.0. The molecule has 21 heavy (non-hydrogen) atoms. The van der Waals surface area contributed by atoms with Crippen LogP contribution in [0.1, 0.15) is 22.0 Å². The van der Waals surface area contributed by atoms with E-state index in [1.54, 1.807) is 16.8 Å². The average molecular weight is 345 g/mol. The summed E-state index contributed by atoms with van der Waals surface area (Å²) in [4.78, 5) is 23.8. The van der Waals surface area contributed by atoms with Crippen LogP contribution in [0.3, 0.4) is 0 Å². The Labute approximate surface area is 135 Å². The molecule has 0 aliphatic rings. The van der Waals surface area contributed by atoms with Crippen molar-refractivity contribution in [2.24, 2.45) is 0 Å². The van der Waals surface area contributed by atoms with Crippen molar-refractivity contribution in [3.8, 4) is 0 Å². The second-order valence-corrected chi connectivity index (χ2v) is 5.68. The van der Waals surface area contributed by atoms with Crippen molar-refractivity contribution in [2.45, 2.75) is 6.10 Å². The predicted molar refractivity (Wildman–Crippen MR) is 81.0 cm³/mol. The van der Waals surface area contributed by atoms with Crippen molar-refractivity contribution in [2.75, 3.05) is 7.11 Å². The molecular formula is C14H10Cl2O4S. The summed E-state index contributed by atoms with van der Waals surface area (Å²) in [5.41, 5.74) is 0.713. The van der Waals surface area contributed by atoms with E-state index in [-0.39, 0.29) is 0 Å². The molecule has 0 saturated carbocycles. The lowest BCUT2D eigenvalue weighted by molar-refractivity contribution is -0.151. The Morgan fingerprint density at radius 3 is 2.38 bits per heavy atom. The molecule has 0 radical (unpaired) electrons. The molecule has 1 aromatic heterocycles. The first-order valence-electron chi connectivity index (χ1n) is 5.78. The summed E-state index contributed by atoms with van der Waals surface area (Å²) in [7, 11) is 1.21. The number of ether oxygens (including phenoxy) is 2. The van der Waals surface area contributed by atoms with E-state index < -0.39 is 18.0 Å². The molecule has 7 heteroatoms. The summed E-state index contributed by atoms with van der Waals surface area (Å²) in [6, 6.07) is 6.11. The van der Waals surface area contributed by atoms with E-state index in [9.17, 15) is 9.59 Å². The van der Waals surface area contributed by atoms with Gasteiger partial charge in [0.2, 0.25) is 6.10 Å². The van der Waals surface area contributed by atoms with Crippen LogP contribution < -0.4 is 0 Å².